The van der Waals surface area contributed by atoms with E-state index in [2.05, 4.69) is 53.8 Å². The average Bonchev–Trinajstić information content (AvgIpc) is 2.68. The van der Waals surface area contributed by atoms with Gasteiger partial charge >= 0.3 is 0 Å². The first-order valence-corrected chi connectivity index (χ1v) is 10.5. The molecule has 1 aliphatic rings. The Morgan fingerprint density at radius 2 is 1.93 bits per heavy atom. The number of nitrogens with zero attached hydrogens (tertiary/aromatic N) is 2. The van der Waals surface area contributed by atoms with Crippen molar-refractivity contribution in [2.45, 2.75) is 52.2 Å². The van der Waals surface area contributed by atoms with Crippen molar-refractivity contribution in [1.29, 1.82) is 5.26 Å². The van der Waals surface area contributed by atoms with E-state index in [1.54, 1.807) is 0 Å². The van der Waals surface area contributed by atoms with Gasteiger partial charge in [0.25, 0.3) is 0 Å². The van der Waals surface area contributed by atoms with Crippen LogP contribution in [0.1, 0.15) is 45.6 Å². The van der Waals surface area contributed by atoms with Crippen molar-refractivity contribution in [2.24, 2.45) is 0 Å². The molecule has 1 heterocycles. The molecule has 2 atom stereocenters. The molecule has 6 heteroatoms. The van der Waals surface area contributed by atoms with Crippen molar-refractivity contribution in [2.75, 3.05) is 31.2 Å². The first-order chi connectivity index (χ1) is 13.1. The number of rotatable bonds is 9. The molecule has 1 aromatic carbocycles. The third-order valence-corrected chi connectivity index (χ3v) is 5.66. The summed E-state index contributed by atoms with van der Waals surface area (Å²) in [6.45, 7) is 9.43. The molecule has 0 radical (unpaired) electrons. The zero-order chi connectivity index (χ0) is 19.6. The van der Waals surface area contributed by atoms with Crippen LogP contribution < -0.4 is 9.62 Å². The first-order valence-electron chi connectivity index (χ1n) is 9.73. The van der Waals surface area contributed by atoms with E-state index in [9.17, 15) is 10.4 Å². The lowest BCUT2D eigenvalue weighted by Gasteiger charge is -2.26. The van der Waals surface area contributed by atoms with Gasteiger partial charge in [0.05, 0.1) is 19.3 Å². The third kappa shape index (κ3) is 6.54. The molecule has 0 spiro atoms. The number of benzene rings is 1. The lowest BCUT2D eigenvalue weighted by molar-refractivity contribution is -0.0181. The maximum Gasteiger partial charge on any atom is 0.108 e. The van der Waals surface area contributed by atoms with E-state index in [1.165, 1.54) is 17.6 Å². The van der Waals surface area contributed by atoms with Crippen LogP contribution in [0.3, 0.4) is 0 Å². The minimum absolute atomic E-state index is 0.0499. The summed E-state index contributed by atoms with van der Waals surface area (Å²) in [6, 6.07) is 10.8. The smallest absolute Gasteiger partial charge is 0.108 e. The SMILES string of the molecule is CCCN(CCC)c1ccc(/C(C)=C(\C#N)SNC2COCC(O)C2)cc1. The van der Waals surface area contributed by atoms with Crippen LogP contribution in [-0.4, -0.2) is 43.6 Å². The van der Waals surface area contributed by atoms with E-state index in [-0.39, 0.29) is 6.04 Å². The zero-order valence-corrected chi connectivity index (χ0v) is 17.4. The summed E-state index contributed by atoms with van der Waals surface area (Å²) in [6.07, 6.45) is 2.46. The molecule has 2 rings (SSSR count). The molecule has 1 aliphatic heterocycles. The Labute approximate surface area is 167 Å². The second-order valence-corrected chi connectivity index (χ2v) is 7.79. The fourth-order valence-electron chi connectivity index (χ4n) is 3.18. The van der Waals surface area contributed by atoms with Gasteiger partial charge < -0.3 is 14.7 Å². The van der Waals surface area contributed by atoms with E-state index in [1.807, 2.05) is 6.92 Å². The molecule has 1 saturated heterocycles. The maximum atomic E-state index is 9.68. The molecule has 2 unspecified atom stereocenters. The number of nitrogens with one attached hydrogen (secondary N) is 1. The molecule has 0 bridgehead atoms. The number of anilines is 1. The number of hydrogen-bond acceptors (Lipinski definition) is 6. The van der Waals surface area contributed by atoms with Gasteiger partial charge in [-0.2, -0.15) is 5.26 Å². The van der Waals surface area contributed by atoms with Crippen molar-refractivity contribution in [3.8, 4) is 6.07 Å². The largest absolute Gasteiger partial charge is 0.391 e. The number of allylic oxidation sites excluding steroid dienone is 2. The van der Waals surface area contributed by atoms with Crippen LogP contribution >= 0.6 is 11.9 Å². The molecule has 148 valence electrons. The zero-order valence-electron chi connectivity index (χ0n) is 16.6. The van der Waals surface area contributed by atoms with Crippen LogP contribution in [-0.2, 0) is 4.74 Å². The van der Waals surface area contributed by atoms with Crippen molar-refractivity contribution in [1.82, 2.24) is 4.72 Å². The van der Waals surface area contributed by atoms with Gasteiger partial charge in [0, 0.05) is 24.8 Å². The third-order valence-electron chi connectivity index (χ3n) is 4.61. The van der Waals surface area contributed by atoms with Crippen LogP contribution in [0, 0.1) is 11.3 Å². The van der Waals surface area contributed by atoms with Crippen molar-refractivity contribution < 1.29 is 9.84 Å². The van der Waals surface area contributed by atoms with E-state index in [0.717, 1.165) is 37.1 Å². The molecule has 0 amide bonds. The summed E-state index contributed by atoms with van der Waals surface area (Å²) in [4.78, 5) is 3.04. The van der Waals surface area contributed by atoms with Gasteiger partial charge in [-0.25, -0.2) is 0 Å². The highest BCUT2D eigenvalue weighted by molar-refractivity contribution is 8.01. The van der Waals surface area contributed by atoms with Crippen molar-refractivity contribution >= 4 is 23.2 Å². The minimum Gasteiger partial charge on any atom is -0.391 e. The lowest BCUT2D eigenvalue weighted by atomic mass is 10.1. The van der Waals surface area contributed by atoms with E-state index >= 15 is 0 Å². The standard InChI is InChI=1S/C21H31N3O2S/c1-4-10-24(11-5-2)19-8-6-17(7-9-19)16(3)21(13-22)27-23-18-12-20(25)15-26-14-18/h6-9,18,20,23,25H,4-5,10-12,14-15H2,1-3H3/b21-16+. The van der Waals surface area contributed by atoms with Crippen LogP contribution in [0.4, 0.5) is 5.69 Å². The van der Waals surface area contributed by atoms with E-state index < -0.39 is 6.10 Å². The number of hydrogen-bond donors (Lipinski definition) is 2. The molecule has 27 heavy (non-hydrogen) atoms. The molecule has 0 aromatic heterocycles. The van der Waals surface area contributed by atoms with Gasteiger partial charge in [-0.15, -0.1) is 0 Å². The van der Waals surface area contributed by atoms with Crippen molar-refractivity contribution in [3.05, 3.63) is 34.7 Å². The van der Waals surface area contributed by atoms with Crippen LogP contribution in [0.25, 0.3) is 5.57 Å². The first kappa shape index (κ1) is 21.8. The molecule has 0 saturated carbocycles. The van der Waals surface area contributed by atoms with Gasteiger partial charge in [-0.3, -0.25) is 4.72 Å². The molecule has 5 nitrogen and oxygen atoms in total. The summed E-state index contributed by atoms with van der Waals surface area (Å²) in [5.41, 5.74) is 3.24. The monoisotopic (exact) mass is 389 g/mol. The Morgan fingerprint density at radius 1 is 1.26 bits per heavy atom. The van der Waals surface area contributed by atoms with Gasteiger partial charge in [0.1, 0.15) is 11.0 Å². The van der Waals surface area contributed by atoms with Crippen LogP contribution in [0.15, 0.2) is 29.2 Å². The molecule has 1 aromatic rings. The summed E-state index contributed by atoms with van der Waals surface area (Å²) in [5.74, 6) is 0. The fourth-order valence-corrected chi connectivity index (χ4v) is 3.95. The lowest BCUT2D eigenvalue weighted by Crippen LogP contribution is -2.39. The molecule has 1 fully saturated rings. The predicted octanol–water partition coefficient (Wildman–Crippen LogP) is 3.96. The highest BCUT2D eigenvalue weighted by atomic mass is 32.2. The second kappa shape index (κ2) is 11.4. The minimum atomic E-state index is -0.436. The van der Waals surface area contributed by atoms with Gasteiger partial charge in [0.15, 0.2) is 0 Å². The Kier molecular flexibility index (Phi) is 9.16. The Morgan fingerprint density at radius 3 is 2.48 bits per heavy atom. The summed E-state index contributed by atoms with van der Waals surface area (Å²) < 4.78 is 8.61. The van der Waals surface area contributed by atoms with Gasteiger partial charge in [-0.1, -0.05) is 26.0 Å². The Balaban J connectivity index is 2.06. The Hall–Kier alpha value is -1.52. The van der Waals surface area contributed by atoms with Crippen LogP contribution in [0.2, 0.25) is 0 Å². The number of aliphatic hydroxyl groups excluding tert-OH is 1. The topological polar surface area (TPSA) is 68.5 Å². The summed E-state index contributed by atoms with van der Waals surface area (Å²) in [5, 5.41) is 19.2. The number of ether oxygens (including phenoxy) is 1. The maximum absolute atomic E-state index is 9.68. The molecule has 2 N–H and O–H groups in total. The van der Waals surface area contributed by atoms with Gasteiger partial charge in [-0.05, 0) is 61.4 Å². The Bertz CT molecular complexity index is 648. The van der Waals surface area contributed by atoms with E-state index in [0.29, 0.717) is 24.5 Å². The number of aliphatic hydroxyl groups is 1. The van der Waals surface area contributed by atoms with Crippen LogP contribution in [0.5, 0.6) is 0 Å². The average molecular weight is 390 g/mol. The van der Waals surface area contributed by atoms with Crippen molar-refractivity contribution in [3.63, 3.8) is 0 Å². The number of nitriles is 1. The van der Waals surface area contributed by atoms with E-state index in [4.69, 9.17) is 4.74 Å². The highest BCUT2D eigenvalue weighted by Crippen LogP contribution is 2.27. The predicted molar refractivity (Wildman–Crippen MR) is 113 cm³/mol. The quantitative estimate of drug-likeness (QED) is 0.492. The fraction of sp³-hybridized carbons (Fsp3) is 0.571. The molecular weight excluding hydrogens is 358 g/mol. The normalized spacial score (nSPS) is 20.7. The molecular formula is C21H31N3O2S. The summed E-state index contributed by atoms with van der Waals surface area (Å²) in [7, 11) is 0. The van der Waals surface area contributed by atoms with Gasteiger partial charge in [0.2, 0.25) is 0 Å². The summed E-state index contributed by atoms with van der Waals surface area (Å²) >= 11 is 1.33. The second-order valence-electron chi connectivity index (χ2n) is 6.94. The molecule has 0 aliphatic carbocycles. The highest BCUT2D eigenvalue weighted by Gasteiger charge is 2.21.